The lowest BCUT2D eigenvalue weighted by molar-refractivity contribution is 0.0826. The van der Waals surface area contributed by atoms with Crippen molar-refractivity contribution in [1.29, 1.82) is 0 Å². The van der Waals surface area contributed by atoms with Gasteiger partial charge in [0.15, 0.2) is 0 Å². The maximum absolute atomic E-state index is 9.26. The number of piperidine rings is 1. The Balaban J connectivity index is 2.32. The third-order valence-corrected chi connectivity index (χ3v) is 2.78. The van der Waals surface area contributed by atoms with Crippen molar-refractivity contribution in [2.75, 3.05) is 33.7 Å². The van der Waals surface area contributed by atoms with E-state index in [9.17, 15) is 5.11 Å². The van der Waals surface area contributed by atoms with Crippen LogP contribution in [0.4, 0.5) is 0 Å². The molecule has 0 amide bonds. The summed E-state index contributed by atoms with van der Waals surface area (Å²) in [5.74, 6) is 0. The minimum absolute atomic E-state index is 0.211. The molecule has 1 aliphatic rings. The highest BCUT2D eigenvalue weighted by Crippen LogP contribution is 2.13. The first kappa shape index (κ1) is 11.0. The molecule has 0 aromatic carbocycles. The van der Waals surface area contributed by atoms with Gasteiger partial charge >= 0.3 is 0 Å². The second-order valence-electron chi connectivity index (χ2n) is 4.35. The quantitative estimate of drug-likeness (QED) is 0.691. The molecule has 1 rings (SSSR count). The molecule has 0 aromatic heterocycles. The molecule has 0 bridgehead atoms. The van der Waals surface area contributed by atoms with Gasteiger partial charge in [-0.3, -0.25) is 4.90 Å². The number of hydrogen-bond donors (Lipinski definition) is 1. The van der Waals surface area contributed by atoms with Crippen molar-refractivity contribution in [3.05, 3.63) is 0 Å². The lowest BCUT2D eigenvalue weighted by Gasteiger charge is -2.36. The Labute approximate surface area is 81.3 Å². The SMILES string of the molecule is C[C@@H](O)CN(C)C1CCCN(C)C1. The van der Waals surface area contributed by atoms with E-state index in [4.69, 9.17) is 0 Å². The number of aliphatic hydroxyl groups excluding tert-OH is 1. The van der Waals surface area contributed by atoms with Gasteiger partial charge in [-0.05, 0) is 40.4 Å². The van der Waals surface area contributed by atoms with Gasteiger partial charge in [-0.1, -0.05) is 0 Å². The van der Waals surface area contributed by atoms with Crippen LogP contribution >= 0.6 is 0 Å². The van der Waals surface area contributed by atoms with E-state index in [1.165, 1.54) is 19.4 Å². The highest BCUT2D eigenvalue weighted by Gasteiger charge is 2.21. The molecule has 13 heavy (non-hydrogen) atoms. The van der Waals surface area contributed by atoms with Gasteiger partial charge in [-0.25, -0.2) is 0 Å². The summed E-state index contributed by atoms with van der Waals surface area (Å²) in [6.07, 6.45) is 2.34. The van der Waals surface area contributed by atoms with Crippen LogP contribution in [-0.4, -0.2) is 60.8 Å². The molecule has 0 aromatic rings. The van der Waals surface area contributed by atoms with Crippen LogP contribution in [0.25, 0.3) is 0 Å². The van der Waals surface area contributed by atoms with E-state index in [2.05, 4.69) is 23.9 Å². The molecule has 3 nitrogen and oxygen atoms in total. The molecule has 0 radical (unpaired) electrons. The third-order valence-electron chi connectivity index (χ3n) is 2.78. The Morgan fingerprint density at radius 3 is 2.85 bits per heavy atom. The van der Waals surface area contributed by atoms with E-state index in [-0.39, 0.29) is 6.10 Å². The minimum atomic E-state index is -0.211. The third kappa shape index (κ3) is 3.63. The van der Waals surface area contributed by atoms with Gasteiger partial charge in [0.05, 0.1) is 6.10 Å². The van der Waals surface area contributed by atoms with E-state index < -0.39 is 0 Å². The predicted octanol–water partition coefficient (Wildman–Crippen LogP) is 0.393. The monoisotopic (exact) mass is 186 g/mol. The molecule has 0 saturated carbocycles. The van der Waals surface area contributed by atoms with Crippen LogP contribution < -0.4 is 0 Å². The first-order valence-corrected chi connectivity index (χ1v) is 5.16. The molecule has 1 fully saturated rings. The molecule has 0 aliphatic carbocycles. The smallest absolute Gasteiger partial charge is 0.0639 e. The standard InChI is InChI=1S/C10H22N2O/c1-9(13)7-12(3)10-5-4-6-11(2)8-10/h9-10,13H,4-8H2,1-3H3/t9-,10?/m1/s1. The van der Waals surface area contributed by atoms with Gasteiger partial charge in [0.25, 0.3) is 0 Å². The molecule has 1 N–H and O–H groups in total. The number of hydrogen-bond acceptors (Lipinski definition) is 3. The lowest BCUT2D eigenvalue weighted by atomic mass is 10.0. The average molecular weight is 186 g/mol. The molecule has 78 valence electrons. The van der Waals surface area contributed by atoms with E-state index in [1.54, 1.807) is 0 Å². The molecule has 1 heterocycles. The zero-order chi connectivity index (χ0) is 9.84. The topological polar surface area (TPSA) is 26.7 Å². The Morgan fingerprint density at radius 1 is 1.62 bits per heavy atom. The number of likely N-dealkylation sites (tertiary alicyclic amines) is 1. The molecular formula is C10H22N2O. The normalized spacial score (nSPS) is 27.9. The van der Waals surface area contributed by atoms with E-state index in [0.29, 0.717) is 6.04 Å². The lowest BCUT2D eigenvalue weighted by Crippen LogP contribution is -2.46. The molecule has 3 heteroatoms. The van der Waals surface area contributed by atoms with Crippen molar-refractivity contribution in [3.63, 3.8) is 0 Å². The fourth-order valence-electron chi connectivity index (χ4n) is 2.06. The summed E-state index contributed by atoms with van der Waals surface area (Å²) < 4.78 is 0. The van der Waals surface area contributed by atoms with Crippen molar-refractivity contribution < 1.29 is 5.11 Å². The van der Waals surface area contributed by atoms with E-state index in [1.807, 2.05) is 6.92 Å². The van der Waals surface area contributed by atoms with Crippen LogP contribution in [0.3, 0.4) is 0 Å². The highest BCUT2D eigenvalue weighted by atomic mass is 16.3. The van der Waals surface area contributed by atoms with E-state index >= 15 is 0 Å². The first-order chi connectivity index (χ1) is 6.09. The van der Waals surface area contributed by atoms with Crippen LogP contribution in [0.5, 0.6) is 0 Å². The summed E-state index contributed by atoms with van der Waals surface area (Å²) in [6, 6.07) is 0.633. The minimum Gasteiger partial charge on any atom is -0.392 e. The van der Waals surface area contributed by atoms with Gasteiger partial charge < -0.3 is 10.0 Å². The average Bonchev–Trinajstić information content (AvgIpc) is 2.03. The summed E-state index contributed by atoms with van der Waals surface area (Å²) in [7, 11) is 4.28. The van der Waals surface area contributed by atoms with Gasteiger partial charge in [0, 0.05) is 19.1 Å². The Bertz CT molecular complexity index is 150. The van der Waals surface area contributed by atoms with Gasteiger partial charge in [-0.2, -0.15) is 0 Å². The van der Waals surface area contributed by atoms with Crippen molar-refractivity contribution in [3.8, 4) is 0 Å². The first-order valence-electron chi connectivity index (χ1n) is 5.16. The molecule has 2 atom stereocenters. The van der Waals surface area contributed by atoms with Gasteiger partial charge in [0.1, 0.15) is 0 Å². The molecule has 0 spiro atoms. The van der Waals surface area contributed by atoms with Crippen LogP contribution in [0.15, 0.2) is 0 Å². The number of aliphatic hydroxyl groups is 1. The summed E-state index contributed by atoms with van der Waals surface area (Å²) in [5, 5.41) is 9.26. The predicted molar refractivity (Wildman–Crippen MR) is 54.8 cm³/mol. The number of nitrogens with zero attached hydrogens (tertiary/aromatic N) is 2. The molecule has 1 saturated heterocycles. The zero-order valence-electron chi connectivity index (χ0n) is 9.03. The molecule has 1 unspecified atom stereocenters. The number of likely N-dealkylation sites (N-methyl/N-ethyl adjacent to an activating group) is 2. The summed E-state index contributed by atoms with van der Waals surface area (Å²) >= 11 is 0. The number of rotatable bonds is 3. The Morgan fingerprint density at radius 2 is 2.31 bits per heavy atom. The second-order valence-corrected chi connectivity index (χ2v) is 4.35. The fourth-order valence-corrected chi connectivity index (χ4v) is 2.06. The Kier molecular flexibility index (Phi) is 4.16. The maximum Gasteiger partial charge on any atom is 0.0639 e. The van der Waals surface area contributed by atoms with Crippen molar-refractivity contribution >= 4 is 0 Å². The van der Waals surface area contributed by atoms with Crippen molar-refractivity contribution in [2.24, 2.45) is 0 Å². The Hall–Kier alpha value is -0.120. The summed E-state index contributed by atoms with van der Waals surface area (Å²) in [6.45, 7) is 5.00. The van der Waals surface area contributed by atoms with Crippen LogP contribution in [-0.2, 0) is 0 Å². The van der Waals surface area contributed by atoms with Crippen LogP contribution in [0, 0.1) is 0 Å². The van der Waals surface area contributed by atoms with Crippen LogP contribution in [0.1, 0.15) is 19.8 Å². The van der Waals surface area contributed by atoms with Crippen molar-refractivity contribution in [1.82, 2.24) is 9.80 Å². The molecule has 1 aliphatic heterocycles. The van der Waals surface area contributed by atoms with Crippen LogP contribution in [0.2, 0.25) is 0 Å². The largest absolute Gasteiger partial charge is 0.392 e. The van der Waals surface area contributed by atoms with Crippen molar-refractivity contribution in [2.45, 2.75) is 31.9 Å². The highest BCUT2D eigenvalue weighted by molar-refractivity contribution is 4.78. The summed E-state index contributed by atoms with van der Waals surface area (Å²) in [4.78, 5) is 4.65. The van der Waals surface area contributed by atoms with Gasteiger partial charge in [0.2, 0.25) is 0 Å². The zero-order valence-corrected chi connectivity index (χ0v) is 9.03. The second kappa shape index (κ2) is 4.94. The van der Waals surface area contributed by atoms with E-state index in [0.717, 1.165) is 13.1 Å². The summed E-state index contributed by atoms with van der Waals surface area (Å²) in [5.41, 5.74) is 0. The fraction of sp³-hybridized carbons (Fsp3) is 1.00. The van der Waals surface area contributed by atoms with Gasteiger partial charge in [-0.15, -0.1) is 0 Å². The maximum atomic E-state index is 9.26. The molecular weight excluding hydrogens is 164 g/mol.